The van der Waals surface area contributed by atoms with Crippen molar-refractivity contribution in [1.29, 1.82) is 0 Å². The SMILES string of the molecule is CCC(C)(C)N(C)Cc1cccnc1C(=O)O. The van der Waals surface area contributed by atoms with Gasteiger partial charge >= 0.3 is 5.97 Å². The van der Waals surface area contributed by atoms with Crippen LogP contribution in [0, 0.1) is 0 Å². The number of nitrogens with zero attached hydrogens (tertiary/aromatic N) is 2. The Morgan fingerprint density at radius 2 is 2.18 bits per heavy atom. The van der Waals surface area contributed by atoms with Crippen molar-refractivity contribution >= 4 is 5.97 Å². The molecule has 0 aromatic carbocycles. The molecule has 1 N–H and O–H groups in total. The lowest BCUT2D eigenvalue weighted by Gasteiger charge is -2.35. The molecular formula is C13H20N2O2. The zero-order chi connectivity index (χ0) is 13.1. The molecule has 0 saturated carbocycles. The van der Waals surface area contributed by atoms with Crippen molar-refractivity contribution in [1.82, 2.24) is 9.88 Å². The van der Waals surface area contributed by atoms with Crippen LogP contribution < -0.4 is 0 Å². The maximum Gasteiger partial charge on any atom is 0.354 e. The van der Waals surface area contributed by atoms with E-state index in [4.69, 9.17) is 5.11 Å². The van der Waals surface area contributed by atoms with Crippen molar-refractivity contribution in [3.05, 3.63) is 29.6 Å². The van der Waals surface area contributed by atoms with Crippen molar-refractivity contribution in [3.63, 3.8) is 0 Å². The average molecular weight is 236 g/mol. The molecule has 0 unspecified atom stereocenters. The highest BCUT2D eigenvalue weighted by molar-refractivity contribution is 5.86. The molecule has 1 heterocycles. The first-order chi connectivity index (χ1) is 7.88. The number of carboxylic acids is 1. The number of aromatic carboxylic acids is 1. The number of carboxylic acid groups (broad SMARTS) is 1. The molecule has 0 bridgehead atoms. The molecule has 0 aliphatic rings. The van der Waals surface area contributed by atoms with Crippen LogP contribution in [0.5, 0.6) is 0 Å². The monoisotopic (exact) mass is 236 g/mol. The second kappa shape index (κ2) is 5.27. The molecule has 1 rings (SSSR count). The van der Waals surface area contributed by atoms with Crippen LogP contribution in [-0.2, 0) is 6.54 Å². The normalized spacial score (nSPS) is 11.8. The number of hydrogen-bond acceptors (Lipinski definition) is 3. The van der Waals surface area contributed by atoms with E-state index in [-0.39, 0.29) is 11.2 Å². The van der Waals surface area contributed by atoms with Gasteiger partial charge in [-0.15, -0.1) is 0 Å². The van der Waals surface area contributed by atoms with Crippen molar-refractivity contribution in [2.75, 3.05) is 7.05 Å². The summed E-state index contributed by atoms with van der Waals surface area (Å²) in [5.41, 5.74) is 0.946. The van der Waals surface area contributed by atoms with Crippen molar-refractivity contribution in [2.24, 2.45) is 0 Å². The highest BCUT2D eigenvalue weighted by atomic mass is 16.4. The molecule has 94 valence electrons. The maximum atomic E-state index is 11.0. The fourth-order valence-electron chi connectivity index (χ4n) is 1.50. The predicted molar refractivity (Wildman–Crippen MR) is 67.0 cm³/mol. The fourth-order valence-corrected chi connectivity index (χ4v) is 1.50. The Morgan fingerprint density at radius 1 is 1.53 bits per heavy atom. The lowest BCUT2D eigenvalue weighted by molar-refractivity contribution is 0.0685. The first-order valence-corrected chi connectivity index (χ1v) is 5.77. The van der Waals surface area contributed by atoms with Gasteiger partial charge in [-0.2, -0.15) is 0 Å². The van der Waals surface area contributed by atoms with Crippen LogP contribution in [0.2, 0.25) is 0 Å². The van der Waals surface area contributed by atoms with E-state index in [9.17, 15) is 4.79 Å². The summed E-state index contributed by atoms with van der Waals surface area (Å²) in [6.07, 6.45) is 2.52. The first-order valence-electron chi connectivity index (χ1n) is 5.77. The summed E-state index contributed by atoms with van der Waals surface area (Å²) in [4.78, 5) is 17.1. The molecule has 1 aromatic rings. The van der Waals surface area contributed by atoms with Crippen LogP contribution in [0.3, 0.4) is 0 Å². The summed E-state index contributed by atoms with van der Waals surface area (Å²) in [7, 11) is 2.00. The molecule has 0 atom stereocenters. The molecule has 0 aliphatic heterocycles. The van der Waals surface area contributed by atoms with Gasteiger partial charge in [0.1, 0.15) is 0 Å². The summed E-state index contributed by atoms with van der Waals surface area (Å²) in [5, 5.41) is 9.06. The second-order valence-corrected chi connectivity index (χ2v) is 4.84. The van der Waals surface area contributed by atoms with Crippen LogP contribution in [0.15, 0.2) is 18.3 Å². The van der Waals surface area contributed by atoms with Crippen molar-refractivity contribution in [2.45, 2.75) is 39.3 Å². The van der Waals surface area contributed by atoms with Gasteiger partial charge in [0.15, 0.2) is 5.69 Å². The number of carbonyl (C=O) groups is 1. The Hall–Kier alpha value is -1.42. The number of rotatable bonds is 5. The minimum atomic E-state index is -0.969. The van der Waals surface area contributed by atoms with Crippen molar-refractivity contribution in [3.8, 4) is 0 Å². The Kier molecular flexibility index (Phi) is 4.23. The predicted octanol–water partition coefficient (Wildman–Crippen LogP) is 2.40. The Bertz CT molecular complexity index is 402. The molecule has 17 heavy (non-hydrogen) atoms. The van der Waals surface area contributed by atoms with E-state index in [1.54, 1.807) is 6.07 Å². The molecule has 0 fully saturated rings. The van der Waals surface area contributed by atoms with E-state index in [1.807, 2.05) is 13.1 Å². The summed E-state index contributed by atoms with van der Waals surface area (Å²) in [5.74, 6) is -0.969. The van der Waals surface area contributed by atoms with E-state index < -0.39 is 5.97 Å². The van der Waals surface area contributed by atoms with Gasteiger partial charge in [-0.05, 0) is 38.9 Å². The van der Waals surface area contributed by atoms with Gasteiger partial charge in [0.2, 0.25) is 0 Å². The number of pyridine rings is 1. The zero-order valence-electron chi connectivity index (χ0n) is 10.9. The van der Waals surface area contributed by atoms with E-state index in [0.29, 0.717) is 6.54 Å². The van der Waals surface area contributed by atoms with Crippen LogP contribution in [0.25, 0.3) is 0 Å². The standard InChI is InChI=1S/C13H20N2O2/c1-5-13(2,3)15(4)9-10-7-6-8-14-11(10)12(16)17/h6-8H,5,9H2,1-4H3,(H,16,17). The third-order valence-corrected chi connectivity index (χ3v) is 3.40. The Morgan fingerprint density at radius 3 is 2.71 bits per heavy atom. The molecule has 0 aliphatic carbocycles. The molecule has 1 aromatic heterocycles. The summed E-state index contributed by atoms with van der Waals surface area (Å²) >= 11 is 0. The summed E-state index contributed by atoms with van der Waals surface area (Å²) in [6, 6.07) is 3.59. The first kappa shape index (κ1) is 13.6. The van der Waals surface area contributed by atoms with E-state index in [2.05, 4.69) is 30.7 Å². The smallest absolute Gasteiger partial charge is 0.354 e. The zero-order valence-corrected chi connectivity index (χ0v) is 10.9. The van der Waals surface area contributed by atoms with Gasteiger partial charge in [-0.3, -0.25) is 4.90 Å². The summed E-state index contributed by atoms with van der Waals surface area (Å²) in [6.45, 7) is 7.00. The molecule has 4 heteroatoms. The van der Waals surface area contributed by atoms with Crippen LogP contribution in [0.1, 0.15) is 43.2 Å². The summed E-state index contributed by atoms with van der Waals surface area (Å²) < 4.78 is 0. The average Bonchev–Trinajstić information content (AvgIpc) is 2.29. The van der Waals surface area contributed by atoms with Gasteiger partial charge in [0, 0.05) is 18.3 Å². The largest absolute Gasteiger partial charge is 0.477 e. The van der Waals surface area contributed by atoms with E-state index >= 15 is 0 Å². The molecule has 0 saturated heterocycles. The lowest BCUT2D eigenvalue weighted by Crippen LogP contribution is -2.40. The number of hydrogen-bond donors (Lipinski definition) is 1. The second-order valence-electron chi connectivity index (χ2n) is 4.84. The molecule has 0 radical (unpaired) electrons. The van der Waals surface area contributed by atoms with Gasteiger partial charge in [-0.25, -0.2) is 9.78 Å². The molecule has 0 spiro atoms. The lowest BCUT2D eigenvalue weighted by atomic mass is 9.99. The number of aromatic nitrogens is 1. The Balaban J connectivity index is 2.92. The van der Waals surface area contributed by atoms with Gasteiger partial charge in [0.05, 0.1) is 0 Å². The van der Waals surface area contributed by atoms with Crippen LogP contribution >= 0.6 is 0 Å². The third-order valence-electron chi connectivity index (χ3n) is 3.40. The fraction of sp³-hybridized carbons (Fsp3) is 0.538. The highest BCUT2D eigenvalue weighted by Gasteiger charge is 2.22. The molecule has 4 nitrogen and oxygen atoms in total. The highest BCUT2D eigenvalue weighted by Crippen LogP contribution is 2.20. The minimum Gasteiger partial charge on any atom is -0.477 e. The van der Waals surface area contributed by atoms with Crippen LogP contribution in [-0.4, -0.2) is 33.5 Å². The topological polar surface area (TPSA) is 53.4 Å². The van der Waals surface area contributed by atoms with E-state index in [1.165, 1.54) is 6.20 Å². The molecule has 0 amide bonds. The minimum absolute atomic E-state index is 0.0472. The van der Waals surface area contributed by atoms with Gasteiger partial charge in [-0.1, -0.05) is 13.0 Å². The van der Waals surface area contributed by atoms with Gasteiger partial charge in [0.25, 0.3) is 0 Å². The van der Waals surface area contributed by atoms with Gasteiger partial charge < -0.3 is 5.11 Å². The molecular weight excluding hydrogens is 216 g/mol. The maximum absolute atomic E-state index is 11.0. The van der Waals surface area contributed by atoms with E-state index in [0.717, 1.165) is 12.0 Å². The Labute approximate surface area is 102 Å². The van der Waals surface area contributed by atoms with Crippen molar-refractivity contribution < 1.29 is 9.90 Å². The van der Waals surface area contributed by atoms with Crippen LogP contribution in [0.4, 0.5) is 0 Å². The quantitative estimate of drug-likeness (QED) is 0.853. The third kappa shape index (κ3) is 3.27.